The van der Waals surface area contributed by atoms with Gasteiger partial charge in [-0.25, -0.2) is 4.68 Å². The smallest absolute Gasteiger partial charge is 0.259 e. The van der Waals surface area contributed by atoms with Crippen LogP contribution in [0.4, 0.5) is 11.9 Å². The molecular formula is C17H13ClN6O2. The lowest BCUT2D eigenvalue weighted by Gasteiger charge is -2.23. The van der Waals surface area contributed by atoms with E-state index in [1.54, 1.807) is 35.1 Å². The molecule has 0 unspecified atom stereocenters. The van der Waals surface area contributed by atoms with Crippen LogP contribution in [0.1, 0.15) is 28.4 Å². The number of pyridine rings is 1. The van der Waals surface area contributed by atoms with Gasteiger partial charge < -0.3 is 0 Å². The number of hydrogen-bond acceptors (Lipinski definition) is 5. The monoisotopic (exact) mass is 368 g/mol. The van der Waals surface area contributed by atoms with Gasteiger partial charge in [0.05, 0.1) is 18.0 Å². The number of aromatic nitrogens is 4. The van der Waals surface area contributed by atoms with E-state index in [4.69, 9.17) is 11.6 Å². The first kappa shape index (κ1) is 16.2. The average molecular weight is 369 g/mol. The Bertz CT molecular complexity index is 971. The summed E-state index contributed by atoms with van der Waals surface area (Å²) in [7, 11) is 0. The molecule has 4 rings (SSSR count). The van der Waals surface area contributed by atoms with E-state index in [1.165, 1.54) is 6.20 Å². The van der Waals surface area contributed by atoms with Crippen molar-refractivity contribution in [1.82, 2.24) is 19.7 Å². The van der Waals surface area contributed by atoms with Crippen LogP contribution in [0.2, 0.25) is 5.02 Å². The van der Waals surface area contributed by atoms with Crippen LogP contribution in [0, 0.1) is 0 Å². The van der Waals surface area contributed by atoms with Crippen LogP contribution in [-0.4, -0.2) is 31.6 Å². The van der Waals surface area contributed by atoms with Gasteiger partial charge in [0, 0.05) is 17.4 Å². The summed E-state index contributed by atoms with van der Waals surface area (Å²) in [4.78, 5) is 32.4. The highest BCUT2D eigenvalue weighted by Crippen LogP contribution is 2.30. The molecule has 1 aliphatic heterocycles. The van der Waals surface area contributed by atoms with Crippen molar-refractivity contribution in [3.8, 4) is 0 Å². The van der Waals surface area contributed by atoms with Crippen LogP contribution in [0.3, 0.4) is 0 Å². The molecule has 8 nitrogen and oxygen atoms in total. The van der Waals surface area contributed by atoms with E-state index in [1.807, 2.05) is 12.1 Å². The molecule has 0 aliphatic carbocycles. The van der Waals surface area contributed by atoms with Crippen molar-refractivity contribution in [3.05, 3.63) is 64.9 Å². The number of hydrogen-bond donors (Lipinski definition) is 2. The molecule has 1 atom stereocenters. The molecule has 0 radical (unpaired) electrons. The summed E-state index contributed by atoms with van der Waals surface area (Å²) in [6.45, 7) is 0. The van der Waals surface area contributed by atoms with Gasteiger partial charge in [-0.2, -0.15) is 4.98 Å². The minimum Gasteiger partial charge on any atom is -0.295 e. The van der Waals surface area contributed by atoms with Crippen LogP contribution in [0.5, 0.6) is 0 Å². The maximum Gasteiger partial charge on any atom is 0.259 e. The quantitative estimate of drug-likeness (QED) is 0.739. The summed E-state index contributed by atoms with van der Waals surface area (Å²) in [5, 5.41) is 10.2. The first-order valence-corrected chi connectivity index (χ1v) is 8.21. The molecule has 3 aromatic rings. The van der Waals surface area contributed by atoms with Gasteiger partial charge in [-0.05, 0) is 29.8 Å². The van der Waals surface area contributed by atoms with Crippen molar-refractivity contribution in [2.24, 2.45) is 0 Å². The highest BCUT2D eigenvalue weighted by atomic mass is 35.5. The number of nitrogens with one attached hydrogen (secondary N) is 2. The van der Waals surface area contributed by atoms with Gasteiger partial charge in [-0.15, -0.1) is 5.10 Å². The highest BCUT2D eigenvalue weighted by molar-refractivity contribution is 6.30. The van der Waals surface area contributed by atoms with E-state index in [-0.39, 0.29) is 36.2 Å². The second-order valence-electron chi connectivity index (χ2n) is 5.72. The molecule has 0 saturated carbocycles. The molecule has 2 N–H and O–H groups in total. The molecule has 2 aromatic heterocycles. The Labute approximate surface area is 153 Å². The van der Waals surface area contributed by atoms with Crippen molar-refractivity contribution in [2.75, 3.05) is 10.6 Å². The molecule has 2 amide bonds. The third kappa shape index (κ3) is 3.14. The molecule has 0 spiro atoms. The Morgan fingerprint density at radius 1 is 1.27 bits per heavy atom. The molecule has 9 heteroatoms. The Kier molecular flexibility index (Phi) is 4.10. The predicted octanol–water partition coefficient (Wildman–Crippen LogP) is 2.51. The number of amides is 2. The van der Waals surface area contributed by atoms with E-state index in [0.717, 1.165) is 5.56 Å². The standard InChI is InChI=1S/C17H13ClN6O2/c18-12-5-3-10(4-6-12)13-8-14(25)20-17-22-16(23-24(13)17)21-15(26)11-2-1-7-19-9-11/h1-7,9,13H,8H2,(H2,20,21,22,23,25,26)/t13-/m1/s1. The van der Waals surface area contributed by atoms with Crippen molar-refractivity contribution >= 4 is 35.3 Å². The highest BCUT2D eigenvalue weighted by Gasteiger charge is 2.29. The normalized spacial score (nSPS) is 15.9. The van der Waals surface area contributed by atoms with Crippen molar-refractivity contribution in [1.29, 1.82) is 0 Å². The molecular weight excluding hydrogens is 356 g/mol. The number of rotatable bonds is 3. The lowest BCUT2D eigenvalue weighted by molar-refractivity contribution is -0.117. The van der Waals surface area contributed by atoms with E-state index in [9.17, 15) is 9.59 Å². The number of carbonyl (C=O) groups is 2. The zero-order valence-corrected chi connectivity index (χ0v) is 14.1. The fraction of sp³-hybridized carbons (Fsp3) is 0.118. The molecule has 3 heterocycles. The lowest BCUT2D eigenvalue weighted by Crippen LogP contribution is -2.29. The topological polar surface area (TPSA) is 102 Å². The van der Waals surface area contributed by atoms with Crippen LogP contribution >= 0.6 is 11.6 Å². The fourth-order valence-corrected chi connectivity index (χ4v) is 2.86. The molecule has 1 aliphatic rings. The summed E-state index contributed by atoms with van der Waals surface area (Å²) in [6.07, 6.45) is 3.24. The van der Waals surface area contributed by atoms with Gasteiger partial charge in [-0.1, -0.05) is 23.7 Å². The molecule has 0 bridgehead atoms. The Morgan fingerprint density at radius 2 is 2.08 bits per heavy atom. The molecule has 1 aromatic carbocycles. The zero-order valence-electron chi connectivity index (χ0n) is 13.4. The number of fused-ring (bicyclic) bond motifs is 1. The molecule has 26 heavy (non-hydrogen) atoms. The summed E-state index contributed by atoms with van der Waals surface area (Å²) in [5.74, 6) is -0.164. The number of benzene rings is 1. The molecule has 0 fully saturated rings. The third-order valence-corrected chi connectivity index (χ3v) is 4.21. The van der Waals surface area contributed by atoms with Gasteiger partial charge in [0.15, 0.2) is 0 Å². The summed E-state index contributed by atoms with van der Waals surface area (Å²) < 4.78 is 1.59. The maximum atomic E-state index is 12.2. The Balaban J connectivity index is 1.63. The summed E-state index contributed by atoms with van der Waals surface area (Å²) in [6, 6.07) is 10.2. The van der Waals surface area contributed by atoms with Crippen molar-refractivity contribution < 1.29 is 9.59 Å². The minimum atomic E-state index is -0.379. The Morgan fingerprint density at radius 3 is 2.81 bits per heavy atom. The summed E-state index contributed by atoms with van der Waals surface area (Å²) >= 11 is 5.93. The Hall–Kier alpha value is -3.26. The predicted molar refractivity (Wildman–Crippen MR) is 95.0 cm³/mol. The van der Waals surface area contributed by atoms with Crippen molar-refractivity contribution in [2.45, 2.75) is 12.5 Å². The number of carbonyl (C=O) groups excluding carboxylic acids is 2. The van der Waals surface area contributed by atoms with Crippen LogP contribution in [0.15, 0.2) is 48.8 Å². The number of halogens is 1. The fourth-order valence-electron chi connectivity index (χ4n) is 2.73. The second kappa shape index (κ2) is 6.57. The number of anilines is 2. The maximum absolute atomic E-state index is 12.2. The van der Waals surface area contributed by atoms with Crippen LogP contribution in [-0.2, 0) is 4.79 Å². The van der Waals surface area contributed by atoms with Gasteiger partial charge in [-0.3, -0.25) is 25.2 Å². The molecule has 130 valence electrons. The minimum absolute atomic E-state index is 0.106. The molecule has 0 saturated heterocycles. The first-order valence-electron chi connectivity index (χ1n) is 7.83. The van der Waals surface area contributed by atoms with Gasteiger partial charge in [0.1, 0.15) is 0 Å². The van der Waals surface area contributed by atoms with Gasteiger partial charge >= 0.3 is 0 Å². The van der Waals surface area contributed by atoms with Gasteiger partial charge in [0.25, 0.3) is 11.9 Å². The third-order valence-electron chi connectivity index (χ3n) is 3.96. The average Bonchev–Trinajstić information content (AvgIpc) is 3.04. The lowest BCUT2D eigenvalue weighted by atomic mass is 10.0. The van der Waals surface area contributed by atoms with E-state index >= 15 is 0 Å². The van der Waals surface area contributed by atoms with E-state index in [2.05, 4.69) is 25.7 Å². The van der Waals surface area contributed by atoms with Crippen LogP contribution in [0.25, 0.3) is 0 Å². The van der Waals surface area contributed by atoms with Crippen LogP contribution < -0.4 is 10.6 Å². The SMILES string of the molecule is O=C1C[C@H](c2ccc(Cl)cc2)n2nc(NC(=O)c3cccnc3)nc2N1. The summed E-state index contributed by atoms with van der Waals surface area (Å²) in [5.41, 5.74) is 1.26. The zero-order chi connectivity index (χ0) is 18.1. The second-order valence-corrected chi connectivity index (χ2v) is 6.16. The largest absolute Gasteiger partial charge is 0.295 e. The van der Waals surface area contributed by atoms with E-state index in [0.29, 0.717) is 10.6 Å². The first-order chi connectivity index (χ1) is 12.6. The van der Waals surface area contributed by atoms with Crippen molar-refractivity contribution in [3.63, 3.8) is 0 Å². The van der Waals surface area contributed by atoms with Gasteiger partial charge in [0.2, 0.25) is 11.9 Å². The van der Waals surface area contributed by atoms with E-state index < -0.39 is 0 Å². The number of nitrogens with zero attached hydrogens (tertiary/aromatic N) is 4.